The maximum atomic E-state index is 14.8. The Kier molecular flexibility index (Phi) is 10.7. The number of piperidine rings is 2. The molecular weight excluding hydrogens is 633 g/mol. The molecule has 2 saturated heterocycles. The van der Waals surface area contributed by atoms with E-state index in [9.17, 15) is 18.3 Å². The minimum atomic E-state index is -1.66. The van der Waals surface area contributed by atoms with Gasteiger partial charge in [0.1, 0.15) is 29.4 Å². The van der Waals surface area contributed by atoms with Crippen LogP contribution in [0, 0.1) is 23.4 Å². The molecular formula is C35H41F3N10O. The normalized spacial score (nSPS) is 18.4. The highest BCUT2D eigenvalue weighted by Gasteiger charge is 2.36. The summed E-state index contributed by atoms with van der Waals surface area (Å²) in [6.45, 7) is 4.31. The van der Waals surface area contributed by atoms with Gasteiger partial charge >= 0.3 is 0 Å². The van der Waals surface area contributed by atoms with Crippen LogP contribution in [0.25, 0.3) is 22.6 Å². The zero-order chi connectivity index (χ0) is 34.4. The number of halogens is 3. The highest BCUT2D eigenvalue weighted by molar-refractivity contribution is 5.77. The molecule has 4 aromatic rings. The molecule has 14 heteroatoms. The topological polar surface area (TPSA) is 147 Å². The van der Waals surface area contributed by atoms with Gasteiger partial charge in [-0.1, -0.05) is 6.07 Å². The summed E-state index contributed by atoms with van der Waals surface area (Å²) in [5, 5.41) is 11.6. The molecule has 258 valence electrons. The third kappa shape index (κ3) is 8.15. The van der Waals surface area contributed by atoms with Crippen LogP contribution < -0.4 is 11.5 Å². The highest BCUT2D eigenvalue weighted by atomic mass is 19.1. The van der Waals surface area contributed by atoms with Crippen molar-refractivity contribution in [2.24, 2.45) is 21.6 Å². The fraction of sp³-hybridized carbons (Fsp3) is 0.400. The summed E-state index contributed by atoms with van der Waals surface area (Å²) in [6, 6.07) is 11.5. The zero-order valence-corrected chi connectivity index (χ0v) is 27.2. The van der Waals surface area contributed by atoms with Crippen molar-refractivity contribution in [3.8, 4) is 22.6 Å². The molecule has 1 unspecified atom stereocenters. The summed E-state index contributed by atoms with van der Waals surface area (Å²) in [4.78, 5) is 25.8. The van der Waals surface area contributed by atoms with Crippen LogP contribution >= 0.6 is 0 Å². The third-order valence-electron chi connectivity index (χ3n) is 9.51. The van der Waals surface area contributed by atoms with Crippen LogP contribution in [0.1, 0.15) is 37.3 Å². The van der Waals surface area contributed by atoms with Crippen molar-refractivity contribution in [1.29, 1.82) is 0 Å². The predicted molar refractivity (Wildman–Crippen MR) is 183 cm³/mol. The smallest absolute Gasteiger partial charge is 0.220 e. The Morgan fingerprint density at radius 1 is 0.918 bits per heavy atom. The Hall–Kier alpha value is -4.66. The lowest BCUT2D eigenvalue weighted by molar-refractivity contribution is -0.00671. The molecule has 2 aromatic heterocycles. The van der Waals surface area contributed by atoms with E-state index in [0.717, 1.165) is 93.8 Å². The monoisotopic (exact) mass is 674 g/mol. The standard InChI is InChI=1S/C35H41F3N10O/c36-26-3-1-25(2-4-26)32-33(31-7-12-43-34(40)45-31)48(23-44-32)28-10-15-46(16-11-28)18-24-8-13-47(14-9-24)20-35(49,19-41-22-42-21-39)29-6-5-27(37)17-30(29)38/h1-7,12,17,21-24,28,49H,8-11,13-16,18-20H2,(H2,39,41,42)(H2,40,43,45). The number of benzene rings is 2. The van der Waals surface area contributed by atoms with E-state index in [-0.39, 0.29) is 36.5 Å². The third-order valence-corrected chi connectivity index (χ3v) is 9.51. The number of nitrogens with zero attached hydrogens (tertiary/aromatic N) is 8. The number of hydrogen-bond acceptors (Lipinski definition) is 8. The first-order valence-electron chi connectivity index (χ1n) is 16.5. The van der Waals surface area contributed by atoms with E-state index in [0.29, 0.717) is 11.6 Å². The van der Waals surface area contributed by atoms with Gasteiger partial charge in [0.15, 0.2) is 0 Å². The number of nitrogens with two attached hydrogens (primary N) is 2. The molecule has 0 aliphatic carbocycles. The molecule has 0 amide bonds. The molecule has 11 nitrogen and oxygen atoms in total. The minimum Gasteiger partial charge on any atom is -0.390 e. The first-order valence-corrected chi connectivity index (χ1v) is 16.5. The maximum absolute atomic E-state index is 14.8. The minimum absolute atomic E-state index is 0.00166. The number of anilines is 1. The van der Waals surface area contributed by atoms with E-state index in [1.807, 2.05) is 12.4 Å². The zero-order valence-electron chi connectivity index (χ0n) is 27.2. The second-order valence-electron chi connectivity index (χ2n) is 12.8. The summed E-state index contributed by atoms with van der Waals surface area (Å²) in [7, 11) is 0. The molecule has 2 aliphatic heterocycles. The number of imidazole rings is 1. The number of aromatic nitrogens is 4. The van der Waals surface area contributed by atoms with Crippen molar-refractivity contribution in [3.05, 3.63) is 84.1 Å². The number of aliphatic hydroxyl groups is 1. The van der Waals surface area contributed by atoms with Gasteiger partial charge in [0.2, 0.25) is 5.95 Å². The van der Waals surface area contributed by atoms with Crippen molar-refractivity contribution in [3.63, 3.8) is 0 Å². The molecule has 49 heavy (non-hydrogen) atoms. The molecule has 0 radical (unpaired) electrons. The number of rotatable bonds is 11. The number of aliphatic imine (C=N–C) groups is 2. The van der Waals surface area contributed by atoms with Crippen LogP contribution in [0.2, 0.25) is 0 Å². The average molecular weight is 675 g/mol. The Bertz CT molecular complexity index is 1770. The average Bonchev–Trinajstić information content (AvgIpc) is 3.54. The van der Waals surface area contributed by atoms with Crippen molar-refractivity contribution in [2.45, 2.75) is 37.3 Å². The fourth-order valence-electron chi connectivity index (χ4n) is 7.02. The maximum Gasteiger partial charge on any atom is 0.220 e. The van der Waals surface area contributed by atoms with Crippen molar-refractivity contribution in [1.82, 2.24) is 29.3 Å². The first-order chi connectivity index (χ1) is 23.7. The SMILES string of the molecule is NC=NC=NCC(O)(CN1CCC(CN2CCC(n3cnc(-c4ccc(F)cc4)c3-c3ccnc(N)n3)CC2)CC1)c1ccc(F)cc1F. The molecule has 4 heterocycles. The van der Waals surface area contributed by atoms with Gasteiger partial charge in [0, 0.05) is 55.6 Å². The van der Waals surface area contributed by atoms with E-state index < -0.39 is 17.2 Å². The molecule has 0 saturated carbocycles. The Balaban J connectivity index is 1.07. The van der Waals surface area contributed by atoms with Gasteiger partial charge in [-0.15, -0.1) is 0 Å². The quantitative estimate of drug-likeness (QED) is 0.158. The largest absolute Gasteiger partial charge is 0.390 e. The summed E-state index contributed by atoms with van der Waals surface area (Å²) >= 11 is 0. The van der Waals surface area contributed by atoms with Crippen LogP contribution in [-0.4, -0.2) is 92.9 Å². The van der Waals surface area contributed by atoms with Gasteiger partial charge < -0.3 is 30.9 Å². The molecule has 0 bridgehead atoms. The summed E-state index contributed by atoms with van der Waals surface area (Å²) in [5.41, 5.74) is 12.6. The van der Waals surface area contributed by atoms with Crippen molar-refractivity contribution in [2.75, 3.05) is 51.5 Å². The predicted octanol–water partition coefficient (Wildman–Crippen LogP) is 4.26. The Labute approximate surface area is 283 Å². The van der Waals surface area contributed by atoms with E-state index >= 15 is 0 Å². The van der Waals surface area contributed by atoms with Gasteiger partial charge in [-0.25, -0.2) is 33.1 Å². The number of nitrogen functional groups attached to an aromatic ring is 1. The number of likely N-dealkylation sites (tertiary alicyclic amines) is 2. The Morgan fingerprint density at radius 2 is 1.63 bits per heavy atom. The second-order valence-corrected chi connectivity index (χ2v) is 12.8. The van der Waals surface area contributed by atoms with Gasteiger partial charge in [-0.05, 0) is 81.1 Å². The molecule has 5 N–H and O–H groups in total. The molecule has 2 aliphatic rings. The number of hydrogen-bond donors (Lipinski definition) is 3. The second kappa shape index (κ2) is 15.3. The van der Waals surface area contributed by atoms with Gasteiger partial charge in [-0.3, -0.25) is 4.99 Å². The van der Waals surface area contributed by atoms with Crippen LogP contribution in [0.4, 0.5) is 19.1 Å². The van der Waals surface area contributed by atoms with E-state index in [2.05, 4.69) is 34.3 Å². The molecule has 2 fully saturated rings. The van der Waals surface area contributed by atoms with Gasteiger partial charge in [0.05, 0.1) is 36.3 Å². The molecule has 0 spiro atoms. The molecule has 1 atom stereocenters. The lowest BCUT2D eigenvalue weighted by atomic mass is 9.90. The highest BCUT2D eigenvalue weighted by Crippen LogP contribution is 2.36. The summed E-state index contributed by atoms with van der Waals surface area (Å²) in [5.74, 6) is -1.17. The molecule has 2 aromatic carbocycles. The van der Waals surface area contributed by atoms with Crippen LogP contribution in [0.15, 0.2) is 71.0 Å². The first kappa shape index (κ1) is 34.2. The fourth-order valence-corrected chi connectivity index (χ4v) is 7.02. The van der Waals surface area contributed by atoms with Crippen LogP contribution in [0.3, 0.4) is 0 Å². The lowest BCUT2D eigenvalue weighted by Gasteiger charge is -2.40. The van der Waals surface area contributed by atoms with E-state index in [1.54, 1.807) is 18.3 Å². The Morgan fingerprint density at radius 3 is 2.33 bits per heavy atom. The summed E-state index contributed by atoms with van der Waals surface area (Å²) in [6.07, 6.45) is 9.49. The molecule has 6 rings (SSSR count). The van der Waals surface area contributed by atoms with E-state index in [1.165, 1.54) is 24.5 Å². The lowest BCUT2D eigenvalue weighted by Crippen LogP contribution is -2.48. The van der Waals surface area contributed by atoms with Crippen molar-refractivity contribution >= 4 is 18.6 Å². The van der Waals surface area contributed by atoms with Crippen LogP contribution in [0.5, 0.6) is 0 Å². The van der Waals surface area contributed by atoms with E-state index in [4.69, 9.17) is 16.5 Å². The van der Waals surface area contributed by atoms with Crippen LogP contribution in [-0.2, 0) is 5.60 Å². The number of β-amino-alcohol motifs (C(OH)–C–C–N with tert-alkyl or cyclic N) is 1. The van der Waals surface area contributed by atoms with Gasteiger partial charge in [0.25, 0.3) is 0 Å². The van der Waals surface area contributed by atoms with Crippen molar-refractivity contribution < 1.29 is 18.3 Å². The summed E-state index contributed by atoms with van der Waals surface area (Å²) < 4.78 is 44.3. The van der Waals surface area contributed by atoms with Gasteiger partial charge in [-0.2, -0.15) is 0 Å².